The lowest BCUT2D eigenvalue weighted by Crippen LogP contribution is -2.41. The zero-order valence-corrected chi connectivity index (χ0v) is 15.1. The second kappa shape index (κ2) is 8.44. The number of esters is 1. The van der Waals surface area contributed by atoms with Gasteiger partial charge in [-0.3, -0.25) is 4.79 Å². The van der Waals surface area contributed by atoms with Gasteiger partial charge in [-0.25, -0.2) is 4.79 Å². The quantitative estimate of drug-likeness (QED) is 0.786. The average molecular weight is 371 g/mol. The van der Waals surface area contributed by atoms with Crippen molar-refractivity contribution in [3.8, 4) is 17.2 Å². The second-order valence-corrected chi connectivity index (χ2v) is 5.86. The van der Waals surface area contributed by atoms with Crippen LogP contribution in [0.5, 0.6) is 17.2 Å². The first-order valence-corrected chi connectivity index (χ1v) is 8.70. The third-order valence-electron chi connectivity index (χ3n) is 3.88. The Morgan fingerprint density at radius 2 is 1.85 bits per heavy atom. The standard InChI is InChI=1S/C20H21NO6/c1-3-24-15-9-5-4-8-14(15)21-19(22)13(2)26-20(23)18-12-25-16-10-6-7-11-17(16)27-18/h4-11,13,18H,3,12H2,1-2H3,(H,21,22)/t13-,18+/m1/s1. The van der Waals surface area contributed by atoms with Gasteiger partial charge in [-0.05, 0) is 38.1 Å². The van der Waals surface area contributed by atoms with Crippen molar-refractivity contribution in [2.45, 2.75) is 26.1 Å². The highest BCUT2D eigenvalue weighted by molar-refractivity contribution is 5.96. The molecule has 2 aromatic carbocycles. The van der Waals surface area contributed by atoms with Gasteiger partial charge in [0, 0.05) is 0 Å². The fraction of sp³-hybridized carbons (Fsp3) is 0.300. The van der Waals surface area contributed by atoms with E-state index in [1.165, 1.54) is 6.92 Å². The molecule has 0 unspecified atom stereocenters. The van der Waals surface area contributed by atoms with Gasteiger partial charge in [0.25, 0.3) is 5.91 Å². The molecule has 1 aliphatic heterocycles. The molecule has 0 saturated heterocycles. The summed E-state index contributed by atoms with van der Waals surface area (Å²) >= 11 is 0. The van der Waals surface area contributed by atoms with Crippen molar-refractivity contribution in [2.24, 2.45) is 0 Å². The van der Waals surface area contributed by atoms with Gasteiger partial charge in [-0.1, -0.05) is 24.3 Å². The van der Waals surface area contributed by atoms with E-state index in [9.17, 15) is 9.59 Å². The number of carbonyl (C=O) groups excluding carboxylic acids is 2. The number of benzene rings is 2. The van der Waals surface area contributed by atoms with Crippen LogP contribution in [-0.2, 0) is 14.3 Å². The van der Waals surface area contributed by atoms with Gasteiger partial charge in [0.05, 0.1) is 12.3 Å². The summed E-state index contributed by atoms with van der Waals surface area (Å²) in [5.74, 6) is 0.457. The molecule has 142 valence electrons. The number of hydrogen-bond donors (Lipinski definition) is 1. The fourth-order valence-corrected chi connectivity index (χ4v) is 2.52. The molecule has 2 atom stereocenters. The van der Waals surface area contributed by atoms with Crippen LogP contribution in [0, 0.1) is 0 Å². The van der Waals surface area contributed by atoms with E-state index in [-0.39, 0.29) is 6.61 Å². The van der Waals surface area contributed by atoms with Crippen molar-refractivity contribution in [1.82, 2.24) is 0 Å². The number of hydrogen-bond acceptors (Lipinski definition) is 6. The minimum absolute atomic E-state index is 0.0252. The summed E-state index contributed by atoms with van der Waals surface area (Å²) < 4.78 is 21.8. The van der Waals surface area contributed by atoms with Crippen LogP contribution in [0.15, 0.2) is 48.5 Å². The number of ether oxygens (including phenoxy) is 4. The normalized spacial score (nSPS) is 16.1. The van der Waals surface area contributed by atoms with E-state index < -0.39 is 24.1 Å². The Labute approximate surface area is 157 Å². The van der Waals surface area contributed by atoms with Gasteiger partial charge in [-0.15, -0.1) is 0 Å². The van der Waals surface area contributed by atoms with E-state index in [0.717, 1.165) is 0 Å². The number of para-hydroxylation sites is 4. The van der Waals surface area contributed by atoms with E-state index in [1.807, 2.05) is 19.1 Å². The van der Waals surface area contributed by atoms with Crippen molar-refractivity contribution in [2.75, 3.05) is 18.5 Å². The highest BCUT2D eigenvalue weighted by atomic mass is 16.6. The number of amides is 1. The Kier molecular flexibility index (Phi) is 5.80. The minimum atomic E-state index is -1.01. The molecular formula is C20H21NO6. The molecule has 27 heavy (non-hydrogen) atoms. The van der Waals surface area contributed by atoms with Crippen molar-refractivity contribution in [3.63, 3.8) is 0 Å². The molecule has 1 heterocycles. The predicted octanol–water partition coefficient (Wildman–Crippen LogP) is 2.80. The molecule has 7 nitrogen and oxygen atoms in total. The SMILES string of the molecule is CCOc1ccccc1NC(=O)[C@@H](C)OC(=O)[C@@H]1COc2ccccc2O1. The fourth-order valence-electron chi connectivity index (χ4n) is 2.52. The van der Waals surface area contributed by atoms with Crippen LogP contribution in [0.25, 0.3) is 0 Å². The monoisotopic (exact) mass is 371 g/mol. The smallest absolute Gasteiger partial charge is 0.351 e. The Morgan fingerprint density at radius 1 is 1.15 bits per heavy atom. The van der Waals surface area contributed by atoms with Crippen LogP contribution < -0.4 is 19.5 Å². The molecule has 0 aliphatic carbocycles. The number of fused-ring (bicyclic) bond motifs is 1. The van der Waals surface area contributed by atoms with Crippen LogP contribution in [0.3, 0.4) is 0 Å². The van der Waals surface area contributed by atoms with Crippen LogP contribution >= 0.6 is 0 Å². The number of rotatable bonds is 6. The molecule has 1 amide bonds. The molecule has 7 heteroatoms. The van der Waals surface area contributed by atoms with Gasteiger partial charge in [0.1, 0.15) is 12.4 Å². The first kappa shape index (κ1) is 18.6. The molecule has 0 aromatic heterocycles. The van der Waals surface area contributed by atoms with E-state index in [2.05, 4.69) is 5.32 Å². The third-order valence-corrected chi connectivity index (χ3v) is 3.88. The summed E-state index contributed by atoms with van der Waals surface area (Å²) in [6.07, 6.45) is -1.93. The van der Waals surface area contributed by atoms with Gasteiger partial charge in [0.15, 0.2) is 17.6 Å². The molecule has 3 rings (SSSR count). The largest absolute Gasteiger partial charge is 0.492 e. The molecule has 0 spiro atoms. The second-order valence-electron chi connectivity index (χ2n) is 5.86. The van der Waals surface area contributed by atoms with Crippen LogP contribution in [-0.4, -0.2) is 37.3 Å². The van der Waals surface area contributed by atoms with Crippen molar-refractivity contribution < 1.29 is 28.5 Å². The summed E-state index contributed by atoms with van der Waals surface area (Å²) in [5.41, 5.74) is 0.512. The zero-order valence-electron chi connectivity index (χ0n) is 15.1. The first-order valence-electron chi connectivity index (χ1n) is 8.70. The van der Waals surface area contributed by atoms with Gasteiger partial charge in [0.2, 0.25) is 6.10 Å². The average Bonchev–Trinajstić information content (AvgIpc) is 2.69. The van der Waals surface area contributed by atoms with Crippen molar-refractivity contribution in [1.29, 1.82) is 0 Å². The van der Waals surface area contributed by atoms with Gasteiger partial charge >= 0.3 is 5.97 Å². The maximum Gasteiger partial charge on any atom is 0.351 e. The van der Waals surface area contributed by atoms with Gasteiger partial charge < -0.3 is 24.3 Å². The molecule has 2 aromatic rings. The van der Waals surface area contributed by atoms with Gasteiger partial charge in [-0.2, -0.15) is 0 Å². The van der Waals surface area contributed by atoms with Crippen LogP contribution in [0.4, 0.5) is 5.69 Å². The lowest BCUT2D eigenvalue weighted by Gasteiger charge is -2.26. The van der Waals surface area contributed by atoms with E-state index in [4.69, 9.17) is 18.9 Å². The molecule has 0 fully saturated rings. The number of carbonyl (C=O) groups is 2. The lowest BCUT2D eigenvalue weighted by molar-refractivity contribution is -0.162. The predicted molar refractivity (Wildman–Crippen MR) is 98.1 cm³/mol. The molecule has 1 N–H and O–H groups in total. The topological polar surface area (TPSA) is 83.1 Å². The molecule has 1 aliphatic rings. The molecular weight excluding hydrogens is 350 g/mol. The van der Waals surface area contributed by atoms with E-state index >= 15 is 0 Å². The summed E-state index contributed by atoms with van der Waals surface area (Å²) in [6.45, 7) is 3.84. The maximum absolute atomic E-state index is 12.4. The number of anilines is 1. The number of nitrogens with one attached hydrogen (secondary N) is 1. The minimum Gasteiger partial charge on any atom is -0.492 e. The highest BCUT2D eigenvalue weighted by Crippen LogP contribution is 2.31. The van der Waals surface area contributed by atoms with E-state index in [0.29, 0.717) is 29.5 Å². The summed E-state index contributed by atoms with van der Waals surface area (Å²) in [5, 5.41) is 2.71. The Balaban J connectivity index is 1.58. The Hall–Kier alpha value is -3.22. The third kappa shape index (κ3) is 4.49. The Morgan fingerprint density at radius 3 is 2.63 bits per heavy atom. The summed E-state index contributed by atoms with van der Waals surface area (Å²) in [7, 11) is 0. The highest BCUT2D eigenvalue weighted by Gasteiger charge is 2.31. The molecule has 0 bridgehead atoms. The first-order chi connectivity index (χ1) is 13.1. The van der Waals surface area contributed by atoms with E-state index in [1.54, 1.807) is 36.4 Å². The Bertz CT molecular complexity index is 822. The molecule has 0 radical (unpaired) electrons. The van der Waals surface area contributed by atoms with Crippen molar-refractivity contribution >= 4 is 17.6 Å². The zero-order chi connectivity index (χ0) is 19.2. The maximum atomic E-state index is 12.4. The lowest BCUT2D eigenvalue weighted by atomic mass is 10.2. The summed E-state index contributed by atoms with van der Waals surface area (Å²) in [4.78, 5) is 24.7. The van der Waals surface area contributed by atoms with Crippen LogP contribution in [0.2, 0.25) is 0 Å². The molecule has 0 saturated carbocycles. The summed E-state index contributed by atoms with van der Waals surface area (Å²) in [6, 6.07) is 14.1. The van der Waals surface area contributed by atoms with Crippen molar-refractivity contribution in [3.05, 3.63) is 48.5 Å². The van der Waals surface area contributed by atoms with Crippen LogP contribution in [0.1, 0.15) is 13.8 Å².